The molecule has 0 saturated heterocycles. The Balaban J connectivity index is 2.66. The molecule has 0 radical (unpaired) electrons. The van der Waals surface area contributed by atoms with Crippen molar-refractivity contribution in [1.29, 1.82) is 0 Å². The van der Waals surface area contributed by atoms with Gasteiger partial charge in [0.1, 0.15) is 5.82 Å². The molecule has 0 bridgehead atoms. The highest BCUT2D eigenvalue weighted by Gasteiger charge is 2.06. The van der Waals surface area contributed by atoms with Gasteiger partial charge in [0.2, 0.25) is 0 Å². The average molecular weight is 192 g/mol. The van der Waals surface area contributed by atoms with E-state index in [9.17, 15) is 4.39 Å². The van der Waals surface area contributed by atoms with Crippen LogP contribution in [0.3, 0.4) is 0 Å². The van der Waals surface area contributed by atoms with E-state index in [1.54, 1.807) is 13.0 Å². The zero-order valence-electron chi connectivity index (χ0n) is 8.26. The molecule has 74 valence electrons. The van der Waals surface area contributed by atoms with Crippen molar-refractivity contribution in [2.45, 2.75) is 19.9 Å². The van der Waals surface area contributed by atoms with Crippen LogP contribution in [0.4, 0.5) is 4.39 Å². The number of halogens is 1. The maximum atomic E-state index is 13.2. The molecular weight excluding hydrogens is 179 g/mol. The first-order valence-electron chi connectivity index (χ1n) is 4.62. The molecule has 3 heteroatoms. The summed E-state index contributed by atoms with van der Waals surface area (Å²) in [4.78, 5) is 3.17. The van der Waals surface area contributed by atoms with Crippen LogP contribution in [0.25, 0.3) is 10.9 Å². The Bertz CT molecular complexity index is 432. The molecule has 0 aliphatic rings. The highest BCUT2D eigenvalue weighted by atomic mass is 19.1. The molecule has 1 atom stereocenters. The first kappa shape index (κ1) is 9.21. The minimum Gasteiger partial charge on any atom is -0.357 e. The van der Waals surface area contributed by atoms with E-state index < -0.39 is 0 Å². The normalized spacial score (nSPS) is 13.4. The summed E-state index contributed by atoms with van der Waals surface area (Å²) in [6, 6.07) is 5.18. The number of nitrogens with two attached hydrogens (primary N) is 1. The van der Waals surface area contributed by atoms with Gasteiger partial charge in [-0.1, -0.05) is 0 Å². The molecule has 0 fully saturated rings. The Morgan fingerprint density at radius 2 is 2.07 bits per heavy atom. The summed E-state index contributed by atoms with van der Waals surface area (Å²) in [6.07, 6.45) is 0. The predicted octanol–water partition coefficient (Wildman–Crippen LogP) is 2.64. The Morgan fingerprint density at radius 3 is 2.71 bits per heavy atom. The van der Waals surface area contributed by atoms with Crippen LogP contribution in [0.15, 0.2) is 18.2 Å². The van der Waals surface area contributed by atoms with E-state index >= 15 is 0 Å². The van der Waals surface area contributed by atoms with Gasteiger partial charge in [0.05, 0.1) is 0 Å². The molecule has 14 heavy (non-hydrogen) atoms. The Labute approximate surface area is 81.9 Å². The van der Waals surface area contributed by atoms with E-state index in [1.165, 1.54) is 6.07 Å². The topological polar surface area (TPSA) is 41.8 Å². The van der Waals surface area contributed by atoms with Crippen LogP contribution in [0.5, 0.6) is 0 Å². The van der Waals surface area contributed by atoms with Gasteiger partial charge in [-0.15, -0.1) is 0 Å². The molecule has 0 aliphatic carbocycles. The van der Waals surface area contributed by atoms with Gasteiger partial charge in [-0.2, -0.15) is 0 Å². The first-order valence-corrected chi connectivity index (χ1v) is 4.62. The van der Waals surface area contributed by atoms with Crippen LogP contribution >= 0.6 is 0 Å². The van der Waals surface area contributed by atoms with Gasteiger partial charge < -0.3 is 10.7 Å². The molecule has 2 rings (SSSR count). The van der Waals surface area contributed by atoms with Crippen LogP contribution in [0, 0.1) is 12.7 Å². The van der Waals surface area contributed by atoms with Gasteiger partial charge in [-0.25, -0.2) is 4.39 Å². The number of hydrogen-bond acceptors (Lipinski definition) is 1. The van der Waals surface area contributed by atoms with Crippen molar-refractivity contribution in [3.63, 3.8) is 0 Å². The molecular formula is C11H13FN2. The lowest BCUT2D eigenvalue weighted by Gasteiger charge is -1.98. The number of hydrogen-bond donors (Lipinski definition) is 2. The summed E-state index contributed by atoms with van der Waals surface area (Å²) < 4.78 is 13.2. The molecule has 0 saturated carbocycles. The predicted molar refractivity (Wildman–Crippen MR) is 55.6 cm³/mol. The Morgan fingerprint density at radius 1 is 1.36 bits per heavy atom. The first-order chi connectivity index (χ1) is 6.58. The van der Waals surface area contributed by atoms with Gasteiger partial charge in [0.25, 0.3) is 0 Å². The van der Waals surface area contributed by atoms with Crippen LogP contribution in [0.2, 0.25) is 0 Å². The second kappa shape index (κ2) is 3.10. The van der Waals surface area contributed by atoms with Crippen molar-refractivity contribution in [2.24, 2.45) is 5.73 Å². The smallest absolute Gasteiger partial charge is 0.126 e. The minimum atomic E-state index is -0.173. The maximum Gasteiger partial charge on any atom is 0.126 e. The fourth-order valence-electron chi connectivity index (χ4n) is 1.53. The maximum absolute atomic E-state index is 13.2. The molecule has 0 amide bonds. The lowest BCUT2D eigenvalue weighted by atomic mass is 10.1. The van der Waals surface area contributed by atoms with E-state index in [1.807, 2.05) is 13.0 Å². The molecule has 0 aliphatic heterocycles. The third kappa shape index (κ3) is 1.40. The number of H-pyrrole nitrogens is 1. The Kier molecular flexibility index (Phi) is 2.04. The second-order valence-electron chi connectivity index (χ2n) is 3.70. The molecule has 2 nitrogen and oxygen atoms in total. The third-order valence-electron chi connectivity index (χ3n) is 2.41. The molecule has 1 heterocycles. The van der Waals surface area contributed by atoms with Gasteiger partial charge in [-0.3, -0.25) is 0 Å². The quantitative estimate of drug-likeness (QED) is 0.716. The number of rotatable bonds is 1. The number of nitrogens with one attached hydrogen (secondary N) is 1. The summed E-state index contributed by atoms with van der Waals surface area (Å²) in [5, 5.41) is 0.875. The van der Waals surface area contributed by atoms with Gasteiger partial charge in [-0.05, 0) is 37.6 Å². The molecule has 1 aromatic heterocycles. The highest BCUT2D eigenvalue weighted by molar-refractivity contribution is 5.81. The summed E-state index contributed by atoms with van der Waals surface area (Å²) in [5.74, 6) is -0.173. The fraction of sp³-hybridized carbons (Fsp3) is 0.273. The molecule has 2 aromatic rings. The fourth-order valence-corrected chi connectivity index (χ4v) is 1.53. The highest BCUT2D eigenvalue weighted by Crippen LogP contribution is 2.21. The standard InChI is InChI=1S/C11H13FN2/c1-6-3-11-8(4-9(6)12)5-10(14-11)7(2)13/h3-5,7,14H,13H2,1-2H3. The summed E-state index contributed by atoms with van der Waals surface area (Å²) in [6.45, 7) is 3.65. The second-order valence-corrected chi connectivity index (χ2v) is 3.70. The largest absolute Gasteiger partial charge is 0.357 e. The lowest BCUT2D eigenvalue weighted by molar-refractivity contribution is 0.620. The van der Waals surface area contributed by atoms with Crippen molar-refractivity contribution in [1.82, 2.24) is 4.98 Å². The minimum absolute atomic E-state index is 0.0502. The zero-order valence-corrected chi connectivity index (χ0v) is 8.26. The number of aryl methyl sites for hydroxylation is 1. The summed E-state index contributed by atoms with van der Waals surface area (Å²) >= 11 is 0. The van der Waals surface area contributed by atoms with E-state index in [-0.39, 0.29) is 11.9 Å². The van der Waals surface area contributed by atoms with Crippen LogP contribution in [-0.4, -0.2) is 4.98 Å². The van der Waals surface area contributed by atoms with Crippen molar-refractivity contribution in [2.75, 3.05) is 0 Å². The lowest BCUT2D eigenvalue weighted by Crippen LogP contribution is -2.04. The molecule has 3 N–H and O–H groups in total. The monoisotopic (exact) mass is 192 g/mol. The van der Waals surface area contributed by atoms with E-state index in [0.29, 0.717) is 5.56 Å². The van der Waals surface area contributed by atoms with E-state index in [2.05, 4.69) is 4.98 Å². The third-order valence-corrected chi connectivity index (χ3v) is 2.41. The van der Waals surface area contributed by atoms with Crippen molar-refractivity contribution in [3.05, 3.63) is 35.3 Å². The van der Waals surface area contributed by atoms with Crippen LogP contribution in [0.1, 0.15) is 24.2 Å². The van der Waals surface area contributed by atoms with E-state index in [0.717, 1.165) is 16.6 Å². The summed E-state index contributed by atoms with van der Waals surface area (Å²) in [7, 11) is 0. The summed E-state index contributed by atoms with van der Waals surface area (Å²) in [5.41, 5.74) is 8.25. The van der Waals surface area contributed by atoms with Crippen molar-refractivity contribution in [3.8, 4) is 0 Å². The number of aromatic nitrogens is 1. The number of fused-ring (bicyclic) bond motifs is 1. The van der Waals surface area contributed by atoms with Gasteiger partial charge in [0, 0.05) is 22.6 Å². The van der Waals surface area contributed by atoms with Gasteiger partial charge in [0.15, 0.2) is 0 Å². The molecule has 0 spiro atoms. The molecule has 1 unspecified atom stereocenters. The Hall–Kier alpha value is -1.35. The van der Waals surface area contributed by atoms with Crippen LogP contribution in [-0.2, 0) is 0 Å². The van der Waals surface area contributed by atoms with Crippen molar-refractivity contribution >= 4 is 10.9 Å². The zero-order chi connectivity index (χ0) is 10.3. The molecule has 1 aromatic carbocycles. The van der Waals surface area contributed by atoms with E-state index in [4.69, 9.17) is 5.73 Å². The number of aromatic amines is 1. The average Bonchev–Trinajstić information content (AvgIpc) is 2.48. The SMILES string of the molecule is Cc1cc2[nH]c(C(C)N)cc2cc1F. The number of benzene rings is 1. The van der Waals surface area contributed by atoms with Crippen molar-refractivity contribution < 1.29 is 4.39 Å². The van der Waals surface area contributed by atoms with Crippen LogP contribution < -0.4 is 5.73 Å². The van der Waals surface area contributed by atoms with Gasteiger partial charge >= 0.3 is 0 Å².